The predicted octanol–water partition coefficient (Wildman–Crippen LogP) is 4.72. The van der Waals surface area contributed by atoms with Gasteiger partial charge in [-0.25, -0.2) is 0 Å². The Kier molecular flexibility index (Phi) is 8.63. The third kappa shape index (κ3) is 5.57. The highest BCUT2D eigenvalue weighted by Crippen LogP contribution is 2.27. The molecule has 1 aliphatic heterocycles. The van der Waals surface area contributed by atoms with E-state index in [2.05, 4.69) is 59.3 Å². The van der Waals surface area contributed by atoms with Crippen LogP contribution in [0.15, 0.2) is 41.8 Å². The molecule has 1 aromatic heterocycles. The third-order valence-electron chi connectivity index (χ3n) is 4.96. The van der Waals surface area contributed by atoms with Gasteiger partial charge < -0.3 is 10.6 Å². The summed E-state index contributed by atoms with van der Waals surface area (Å²) in [6, 6.07) is 12.9. The standard InChI is InChI=1S/C21H28N2OS.ClH/c1-2-3-5-16-7-9-17(10-8-16)20(19-6-4-15-25-19)23-21(24)18-11-13-22-14-12-18;/h4,6-10,15,18,20,22H,2-3,5,11-14H2,1H3,(H,23,24);1H. The highest BCUT2D eigenvalue weighted by molar-refractivity contribution is 7.10. The number of hydrogen-bond donors (Lipinski definition) is 2. The van der Waals surface area contributed by atoms with Gasteiger partial charge in [-0.05, 0) is 61.3 Å². The van der Waals surface area contributed by atoms with Gasteiger partial charge in [-0.1, -0.05) is 43.7 Å². The van der Waals surface area contributed by atoms with Crippen LogP contribution in [0.3, 0.4) is 0 Å². The number of benzene rings is 1. The van der Waals surface area contributed by atoms with E-state index in [-0.39, 0.29) is 30.3 Å². The molecule has 1 aromatic carbocycles. The van der Waals surface area contributed by atoms with Gasteiger partial charge >= 0.3 is 0 Å². The van der Waals surface area contributed by atoms with Gasteiger partial charge in [0.15, 0.2) is 0 Å². The molecule has 0 saturated carbocycles. The molecule has 0 spiro atoms. The summed E-state index contributed by atoms with van der Waals surface area (Å²) >= 11 is 1.71. The van der Waals surface area contributed by atoms with E-state index < -0.39 is 0 Å². The van der Waals surface area contributed by atoms with Gasteiger partial charge in [0.05, 0.1) is 6.04 Å². The maximum Gasteiger partial charge on any atom is 0.223 e. The van der Waals surface area contributed by atoms with Crippen molar-refractivity contribution in [2.75, 3.05) is 13.1 Å². The van der Waals surface area contributed by atoms with Crippen LogP contribution in [0.5, 0.6) is 0 Å². The second-order valence-electron chi connectivity index (χ2n) is 6.83. The van der Waals surface area contributed by atoms with Crippen LogP contribution in [0.1, 0.15) is 54.7 Å². The first-order valence-electron chi connectivity index (χ1n) is 9.41. The molecule has 1 atom stereocenters. The van der Waals surface area contributed by atoms with E-state index in [1.165, 1.54) is 28.8 Å². The van der Waals surface area contributed by atoms with Crippen molar-refractivity contribution in [3.63, 3.8) is 0 Å². The number of carbonyl (C=O) groups excluding carboxylic acids is 1. The van der Waals surface area contributed by atoms with E-state index in [0.717, 1.165) is 32.4 Å². The summed E-state index contributed by atoms with van der Waals surface area (Å²) < 4.78 is 0. The summed E-state index contributed by atoms with van der Waals surface area (Å²) in [5.41, 5.74) is 2.55. The number of piperidine rings is 1. The molecular formula is C21H29ClN2OS. The van der Waals surface area contributed by atoms with Crippen molar-refractivity contribution >= 4 is 29.7 Å². The molecule has 1 unspecified atom stereocenters. The monoisotopic (exact) mass is 392 g/mol. The number of amides is 1. The lowest BCUT2D eigenvalue weighted by molar-refractivity contribution is -0.126. The summed E-state index contributed by atoms with van der Waals surface area (Å²) in [4.78, 5) is 13.9. The number of halogens is 1. The van der Waals surface area contributed by atoms with E-state index in [4.69, 9.17) is 0 Å². The Morgan fingerprint density at radius 3 is 2.58 bits per heavy atom. The van der Waals surface area contributed by atoms with Crippen LogP contribution in [0.25, 0.3) is 0 Å². The molecule has 1 saturated heterocycles. The molecule has 5 heteroatoms. The molecular weight excluding hydrogens is 364 g/mol. The quantitative estimate of drug-likeness (QED) is 0.715. The second-order valence-corrected chi connectivity index (χ2v) is 7.81. The molecule has 1 fully saturated rings. The predicted molar refractivity (Wildman–Crippen MR) is 112 cm³/mol. The lowest BCUT2D eigenvalue weighted by Gasteiger charge is -2.25. The second kappa shape index (κ2) is 10.7. The van der Waals surface area contributed by atoms with Crippen molar-refractivity contribution in [3.05, 3.63) is 57.8 Å². The Morgan fingerprint density at radius 2 is 1.96 bits per heavy atom. The molecule has 1 aliphatic rings. The first-order chi connectivity index (χ1) is 12.3. The number of rotatable bonds is 7. The van der Waals surface area contributed by atoms with Crippen molar-refractivity contribution in [3.8, 4) is 0 Å². The summed E-state index contributed by atoms with van der Waals surface area (Å²) in [7, 11) is 0. The minimum Gasteiger partial charge on any atom is -0.344 e. The first kappa shape index (κ1) is 20.9. The summed E-state index contributed by atoms with van der Waals surface area (Å²) in [5, 5.41) is 8.72. The lowest BCUT2D eigenvalue weighted by atomic mass is 9.95. The summed E-state index contributed by atoms with van der Waals surface area (Å²) in [6.45, 7) is 4.10. The van der Waals surface area contributed by atoms with Gasteiger partial charge in [0.25, 0.3) is 0 Å². The van der Waals surface area contributed by atoms with Gasteiger partial charge in [0.1, 0.15) is 0 Å². The fourth-order valence-electron chi connectivity index (χ4n) is 3.38. The van der Waals surface area contributed by atoms with Crippen molar-refractivity contribution in [1.82, 2.24) is 10.6 Å². The van der Waals surface area contributed by atoms with Crippen LogP contribution >= 0.6 is 23.7 Å². The molecule has 2 N–H and O–H groups in total. The normalized spacial score (nSPS) is 15.9. The van der Waals surface area contributed by atoms with Gasteiger partial charge in [-0.3, -0.25) is 4.79 Å². The smallest absolute Gasteiger partial charge is 0.223 e. The zero-order valence-corrected chi connectivity index (χ0v) is 17.0. The Hall–Kier alpha value is -1.36. The molecule has 1 amide bonds. The molecule has 3 rings (SSSR count). The third-order valence-corrected chi connectivity index (χ3v) is 5.89. The Morgan fingerprint density at radius 1 is 1.23 bits per heavy atom. The number of carbonyl (C=O) groups is 1. The maximum atomic E-state index is 12.8. The van der Waals surface area contributed by atoms with Gasteiger partial charge in [-0.15, -0.1) is 23.7 Å². The van der Waals surface area contributed by atoms with Gasteiger partial charge in [0.2, 0.25) is 5.91 Å². The minimum atomic E-state index is -0.0392. The highest BCUT2D eigenvalue weighted by Gasteiger charge is 2.25. The van der Waals surface area contributed by atoms with Crippen LogP contribution in [0.2, 0.25) is 0 Å². The molecule has 2 heterocycles. The van der Waals surface area contributed by atoms with Gasteiger partial charge in [0, 0.05) is 10.8 Å². The summed E-state index contributed by atoms with van der Waals surface area (Å²) in [6.07, 6.45) is 5.42. The number of unbranched alkanes of at least 4 members (excludes halogenated alkanes) is 1. The molecule has 0 aliphatic carbocycles. The van der Waals surface area contributed by atoms with Crippen LogP contribution in [-0.2, 0) is 11.2 Å². The van der Waals surface area contributed by atoms with E-state index >= 15 is 0 Å². The average Bonchev–Trinajstić information content (AvgIpc) is 3.20. The minimum absolute atomic E-state index is 0. The number of aryl methyl sites for hydroxylation is 1. The van der Waals surface area contributed by atoms with E-state index in [9.17, 15) is 4.79 Å². The van der Waals surface area contributed by atoms with Crippen molar-refractivity contribution < 1.29 is 4.79 Å². The number of thiophene rings is 1. The fraction of sp³-hybridized carbons (Fsp3) is 0.476. The van der Waals surface area contributed by atoms with E-state index in [1.807, 2.05) is 0 Å². The van der Waals surface area contributed by atoms with Gasteiger partial charge in [-0.2, -0.15) is 0 Å². The molecule has 26 heavy (non-hydrogen) atoms. The zero-order chi connectivity index (χ0) is 17.5. The van der Waals surface area contributed by atoms with E-state index in [1.54, 1.807) is 11.3 Å². The summed E-state index contributed by atoms with van der Waals surface area (Å²) in [5.74, 6) is 0.322. The van der Waals surface area contributed by atoms with Crippen LogP contribution in [0.4, 0.5) is 0 Å². The number of nitrogens with one attached hydrogen (secondary N) is 2. The van der Waals surface area contributed by atoms with Crippen LogP contribution < -0.4 is 10.6 Å². The number of hydrogen-bond acceptors (Lipinski definition) is 3. The van der Waals surface area contributed by atoms with Crippen molar-refractivity contribution in [2.45, 2.75) is 45.1 Å². The Balaban J connectivity index is 0.00000243. The Bertz CT molecular complexity index is 651. The van der Waals surface area contributed by atoms with Crippen molar-refractivity contribution in [1.29, 1.82) is 0 Å². The zero-order valence-electron chi connectivity index (χ0n) is 15.4. The van der Waals surface area contributed by atoms with Crippen molar-refractivity contribution in [2.24, 2.45) is 5.92 Å². The van der Waals surface area contributed by atoms with Crippen LogP contribution in [0, 0.1) is 5.92 Å². The largest absolute Gasteiger partial charge is 0.344 e. The maximum absolute atomic E-state index is 12.8. The Labute approximate surface area is 167 Å². The molecule has 3 nitrogen and oxygen atoms in total. The SMILES string of the molecule is CCCCc1ccc(C(NC(=O)C2CCNCC2)c2cccs2)cc1.Cl. The molecule has 0 bridgehead atoms. The average molecular weight is 393 g/mol. The van der Waals surface area contributed by atoms with Crippen LogP contribution in [-0.4, -0.2) is 19.0 Å². The fourth-order valence-corrected chi connectivity index (χ4v) is 4.18. The first-order valence-corrected chi connectivity index (χ1v) is 10.3. The van der Waals surface area contributed by atoms with E-state index in [0.29, 0.717) is 0 Å². The highest BCUT2D eigenvalue weighted by atomic mass is 35.5. The molecule has 142 valence electrons. The molecule has 0 radical (unpaired) electrons. The molecule has 2 aromatic rings. The lowest BCUT2D eigenvalue weighted by Crippen LogP contribution is -2.39. The topological polar surface area (TPSA) is 41.1 Å².